The molecule has 2 aromatic carbocycles. The van der Waals surface area contributed by atoms with Crippen LogP contribution >= 0.6 is 11.6 Å². The number of ketones is 1. The predicted molar refractivity (Wildman–Crippen MR) is 85.3 cm³/mol. The Morgan fingerprint density at radius 3 is 2.24 bits per heavy atom. The first-order chi connectivity index (χ1) is 9.95. The van der Waals surface area contributed by atoms with E-state index >= 15 is 0 Å². The summed E-state index contributed by atoms with van der Waals surface area (Å²) in [5, 5.41) is 5.84. The highest BCUT2D eigenvalue weighted by Crippen LogP contribution is 2.22. The van der Waals surface area contributed by atoms with Crippen LogP contribution in [0.1, 0.15) is 22.8 Å². The Kier molecular flexibility index (Phi) is 4.60. The van der Waals surface area contributed by atoms with E-state index in [2.05, 4.69) is 10.6 Å². The number of carbonyl (C=O) groups excluding carboxylic acids is 2. The monoisotopic (exact) mass is 302 g/mol. The van der Waals surface area contributed by atoms with Crippen molar-refractivity contribution in [2.24, 2.45) is 0 Å². The Balaban J connectivity index is 2.02. The molecule has 0 unspecified atom stereocenters. The van der Waals surface area contributed by atoms with Gasteiger partial charge < -0.3 is 10.6 Å². The number of amides is 2. The van der Waals surface area contributed by atoms with Crippen LogP contribution in [0.4, 0.5) is 16.2 Å². The van der Waals surface area contributed by atoms with Gasteiger partial charge in [0.25, 0.3) is 0 Å². The molecule has 2 amide bonds. The number of carbonyl (C=O) groups is 2. The third-order valence-electron chi connectivity index (χ3n) is 2.92. The highest BCUT2D eigenvalue weighted by Gasteiger charge is 2.06. The molecule has 0 atom stereocenters. The van der Waals surface area contributed by atoms with Gasteiger partial charge in [0, 0.05) is 11.3 Å². The summed E-state index contributed by atoms with van der Waals surface area (Å²) < 4.78 is 0. The third-order valence-corrected chi connectivity index (χ3v) is 3.23. The molecular weight excluding hydrogens is 288 g/mol. The van der Waals surface area contributed by atoms with Gasteiger partial charge in [-0.15, -0.1) is 0 Å². The Morgan fingerprint density at radius 1 is 1.00 bits per heavy atom. The van der Waals surface area contributed by atoms with Gasteiger partial charge in [-0.3, -0.25) is 4.79 Å². The van der Waals surface area contributed by atoms with E-state index in [1.165, 1.54) is 6.92 Å². The summed E-state index contributed by atoms with van der Waals surface area (Å²) in [7, 11) is 0. The average Bonchev–Trinajstić information content (AvgIpc) is 2.42. The van der Waals surface area contributed by atoms with Gasteiger partial charge in [0.1, 0.15) is 0 Å². The van der Waals surface area contributed by atoms with E-state index in [9.17, 15) is 9.59 Å². The van der Waals surface area contributed by atoms with Crippen LogP contribution in [0.15, 0.2) is 42.5 Å². The summed E-state index contributed by atoms with van der Waals surface area (Å²) in [6.07, 6.45) is 0. The minimum atomic E-state index is -0.392. The molecule has 108 valence electrons. The number of halogens is 1. The number of rotatable bonds is 3. The molecule has 0 bridgehead atoms. The zero-order valence-electron chi connectivity index (χ0n) is 11.7. The van der Waals surface area contributed by atoms with Gasteiger partial charge in [-0.25, -0.2) is 4.79 Å². The molecule has 2 rings (SSSR count). The third kappa shape index (κ3) is 4.07. The van der Waals surface area contributed by atoms with Crippen molar-refractivity contribution < 1.29 is 9.59 Å². The van der Waals surface area contributed by atoms with Crippen LogP contribution in [-0.2, 0) is 0 Å². The number of anilines is 2. The lowest BCUT2D eigenvalue weighted by Gasteiger charge is -2.09. The van der Waals surface area contributed by atoms with Crippen molar-refractivity contribution >= 4 is 34.8 Å². The van der Waals surface area contributed by atoms with Gasteiger partial charge in [-0.2, -0.15) is 0 Å². The van der Waals surface area contributed by atoms with Gasteiger partial charge in [-0.1, -0.05) is 17.7 Å². The SMILES string of the molecule is CC(=O)c1ccc(NC(=O)Nc2ccc(C)cc2Cl)cc1. The van der Waals surface area contributed by atoms with Crippen LogP contribution in [0.25, 0.3) is 0 Å². The normalized spacial score (nSPS) is 10.0. The Labute approximate surface area is 128 Å². The van der Waals surface area contributed by atoms with E-state index < -0.39 is 6.03 Å². The number of aryl methyl sites for hydroxylation is 1. The van der Waals surface area contributed by atoms with Crippen LogP contribution in [0.3, 0.4) is 0 Å². The molecule has 0 aliphatic carbocycles. The number of benzene rings is 2. The smallest absolute Gasteiger partial charge is 0.308 e. The van der Waals surface area contributed by atoms with Crippen molar-refractivity contribution in [3.8, 4) is 0 Å². The van der Waals surface area contributed by atoms with Crippen molar-refractivity contribution in [2.75, 3.05) is 10.6 Å². The number of Topliss-reactive ketones (excluding diaryl/α,β-unsaturated/α-hetero) is 1. The van der Waals surface area contributed by atoms with E-state index in [0.29, 0.717) is 22.0 Å². The molecule has 0 fully saturated rings. The zero-order valence-corrected chi connectivity index (χ0v) is 12.5. The van der Waals surface area contributed by atoms with E-state index in [0.717, 1.165) is 5.56 Å². The standard InChI is InChI=1S/C16H15ClN2O2/c1-10-3-8-15(14(17)9-10)19-16(21)18-13-6-4-12(5-7-13)11(2)20/h3-9H,1-2H3,(H2,18,19,21). The number of nitrogens with one attached hydrogen (secondary N) is 2. The second-order valence-electron chi connectivity index (χ2n) is 4.70. The fourth-order valence-electron chi connectivity index (χ4n) is 1.79. The molecule has 0 aromatic heterocycles. The molecule has 0 saturated heterocycles. The van der Waals surface area contributed by atoms with E-state index in [4.69, 9.17) is 11.6 Å². The number of urea groups is 1. The molecule has 0 spiro atoms. The Bertz CT molecular complexity index is 681. The predicted octanol–water partition coefficient (Wildman–Crippen LogP) is 4.50. The van der Waals surface area contributed by atoms with Gasteiger partial charge in [0.05, 0.1) is 10.7 Å². The van der Waals surface area contributed by atoms with Crippen molar-refractivity contribution in [1.29, 1.82) is 0 Å². The molecule has 5 heteroatoms. The molecule has 0 heterocycles. The maximum absolute atomic E-state index is 11.9. The molecule has 0 radical (unpaired) electrons. The van der Waals surface area contributed by atoms with Crippen molar-refractivity contribution in [1.82, 2.24) is 0 Å². The summed E-state index contributed by atoms with van der Waals surface area (Å²) in [4.78, 5) is 23.1. The number of hydrogen-bond acceptors (Lipinski definition) is 2. The van der Waals surface area contributed by atoms with Gasteiger partial charge in [0.2, 0.25) is 0 Å². The summed E-state index contributed by atoms with van der Waals surface area (Å²) in [6, 6.07) is 11.7. The Hall–Kier alpha value is -2.33. The lowest BCUT2D eigenvalue weighted by molar-refractivity contribution is 0.101. The lowest BCUT2D eigenvalue weighted by atomic mass is 10.1. The fourth-order valence-corrected chi connectivity index (χ4v) is 2.08. The Morgan fingerprint density at radius 2 is 1.67 bits per heavy atom. The van der Waals surface area contributed by atoms with Crippen LogP contribution < -0.4 is 10.6 Å². The van der Waals surface area contributed by atoms with Crippen LogP contribution in [0, 0.1) is 6.92 Å². The van der Waals surface area contributed by atoms with Crippen molar-refractivity contribution in [3.63, 3.8) is 0 Å². The van der Waals surface area contributed by atoms with Crippen LogP contribution in [-0.4, -0.2) is 11.8 Å². The fraction of sp³-hybridized carbons (Fsp3) is 0.125. The minimum Gasteiger partial charge on any atom is -0.308 e. The summed E-state index contributed by atoms with van der Waals surface area (Å²) in [5.74, 6) is -0.0163. The molecule has 2 aromatic rings. The number of hydrogen-bond donors (Lipinski definition) is 2. The molecule has 4 nitrogen and oxygen atoms in total. The average molecular weight is 303 g/mol. The van der Waals surface area contributed by atoms with E-state index in [-0.39, 0.29) is 5.78 Å². The quantitative estimate of drug-likeness (QED) is 0.820. The second kappa shape index (κ2) is 6.41. The highest BCUT2D eigenvalue weighted by atomic mass is 35.5. The molecule has 2 N–H and O–H groups in total. The van der Waals surface area contributed by atoms with Crippen molar-refractivity contribution in [3.05, 3.63) is 58.6 Å². The molecule has 21 heavy (non-hydrogen) atoms. The maximum Gasteiger partial charge on any atom is 0.323 e. The zero-order chi connectivity index (χ0) is 15.4. The first-order valence-corrected chi connectivity index (χ1v) is 6.78. The molecular formula is C16H15ClN2O2. The first kappa shape index (κ1) is 15.1. The molecule has 0 saturated carbocycles. The highest BCUT2D eigenvalue weighted by molar-refractivity contribution is 6.33. The minimum absolute atomic E-state index is 0.0163. The van der Waals surface area contributed by atoms with Crippen molar-refractivity contribution in [2.45, 2.75) is 13.8 Å². The maximum atomic E-state index is 11.9. The van der Waals surface area contributed by atoms with E-state index in [1.54, 1.807) is 36.4 Å². The lowest BCUT2D eigenvalue weighted by Crippen LogP contribution is -2.19. The topological polar surface area (TPSA) is 58.2 Å². The largest absolute Gasteiger partial charge is 0.323 e. The molecule has 0 aliphatic heterocycles. The van der Waals surface area contributed by atoms with Gasteiger partial charge in [-0.05, 0) is 55.8 Å². The van der Waals surface area contributed by atoms with Gasteiger partial charge >= 0.3 is 6.03 Å². The van der Waals surface area contributed by atoms with Gasteiger partial charge in [0.15, 0.2) is 5.78 Å². The summed E-state index contributed by atoms with van der Waals surface area (Å²) in [6.45, 7) is 3.42. The van der Waals surface area contributed by atoms with Crippen LogP contribution in [0.5, 0.6) is 0 Å². The summed E-state index contributed by atoms with van der Waals surface area (Å²) >= 11 is 6.05. The second-order valence-corrected chi connectivity index (χ2v) is 5.10. The summed E-state index contributed by atoms with van der Waals surface area (Å²) in [5.41, 5.74) is 2.76. The van der Waals surface area contributed by atoms with Crippen LogP contribution in [0.2, 0.25) is 5.02 Å². The first-order valence-electron chi connectivity index (χ1n) is 6.41. The molecule has 0 aliphatic rings. The van der Waals surface area contributed by atoms with E-state index in [1.807, 2.05) is 13.0 Å².